The number of carbonyl (C=O) groups excluding carboxylic acids is 2. The number of hydrogen-bond donors (Lipinski definition) is 1. The Hall–Kier alpha value is -1.06. The fourth-order valence-electron chi connectivity index (χ4n) is 1.97. The maximum absolute atomic E-state index is 11.8. The molecule has 1 saturated carbocycles. The van der Waals surface area contributed by atoms with Crippen LogP contribution >= 0.6 is 0 Å². The molecule has 0 bridgehead atoms. The van der Waals surface area contributed by atoms with Crippen LogP contribution in [0.3, 0.4) is 0 Å². The van der Waals surface area contributed by atoms with E-state index in [1.54, 1.807) is 0 Å². The second kappa shape index (κ2) is 3.75. The van der Waals surface area contributed by atoms with Gasteiger partial charge in [-0.1, -0.05) is 20.8 Å². The molecule has 0 aromatic heterocycles. The van der Waals surface area contributed by atoms with Crippen molar-refractivity contribution in [1.82, 2.24) is 10.2 Å². The summed E-state index contributed by atoms with van der Waals surface area (Å²) in [6, 6.07) is 0.476. The van der Waals surface area contributed by atoms with E-state index in [-0.39, 0.29) is 23.3 Å². The van der Waals surface area contributed by atoms with Crippen LogP contribution in [0.1, 0.15) is 40.0 Å². The molecule has 1 heterocycles. The van der Waals surface area contributed by atoms with Crippen molar-refractivity contribution in [2.75, 3.05) is 6.54 Å². The van der Waals surface area contributed by atoms with Gasteiger partial charge in [0.15, 0.2) is 0 Å². The van der Waals surface area contributed by atoms with Crippen molar-refractivity contribution in [3.05, 3.63) is 0 Å². The maximum atomic E-state index is 11.8. The van der Waals surface area contributed by atoms with Crippen molar-refractivity contribution in [3.8, 4) is 0 Å². The molecule has 1 saturated heterocycles. The van der Waals surface area contributed by atoms with Crippen molar-refractivity contribution >= 4 is 11.8 Å². The van der Waals surface area contributed by atoms with Gasteiger partial charge in [-0.25, -0.2) is 0 Å². The van der Waals surface area contributed by atoms with Crippen LogP contribution in [0.2, 0.25) is 0 Å². The maximum Gasteiger partial charge on any atom is 0.225 e. The van der Waals surface area contributed by atoms with Crippen LogP contribution < -0.4 is 5.32 Å². The number of likely N-dealkylation sites (tertiary alicyclic amines) is 1. The molecule has 1 atom stereocenters. The third-order valence-electron chi connectivity index (χ3n) is 3.16. The summed E-state index contributed by atoms with van der Waals surface area (Å²) in [5.74, 6) is 0.227. The lowest BCUT2D eigenvalue weighted by Crippen LogP contribution is -2.43. The van der Waals surface area contributed by atoms with Gasteiger partial charge in [-0.05, 0) is 12.8 Å². The van der Waals surface area contributed by atoms with Gasteiger partial charge in [-0.3, -0.25) is 9.59 Å². The number of nitrogens with one attached hydrogen (secondary N) is 1. The fraction of sp³-hybridized carbons (Fsp3) is 0.833. The summed E-state index contributed by atoms with van der Waals surface area (Å²) < 4.78 is 0. The summed E-state index contributed by atoms with van der Waals surface area (Å²) in [5, 5.41) is 2.96. The van der Waals surface area contributed by atoms with E-state index < -0.39 is 0 Å². The van der Waals surface area contributed by atoms with Crippen molar-refractivity contribution in [3.63, 3.8) is 0 Å². The van der Waals surface area contributed by atoms with Crippen LogP contribution in [0.15, 0.2) is 0 Å². The Morgan fingerprint density at radius 2 is 2.00 bits per heavy atom. The highest BCUT2D eigenvalue weighted by Crippen LogP contribution is 2.30. The van der Waals surface area contributed by atoms with Gasteiger partial charge in [0.2, 0.25) is 11.8 Å². The Bertz CT molecular complexity index is 315. The molecule has 4 heteroatoms. The van der Waals surface area contributed by atoms with E-state index in [9.17, 15) is 9.59 Å². The lowest BCUT2D eigenvalue weighted by molar-refractivity contribution is -0.129. The van der Waals surface area contributed by atoms with E-state index in [0.29, 0.717) is 19.0 Å². The van der Waals surface area contributed by atoms with Crippen molar-refractivity contribution in [1.29, 1.82) is 0 Å². The van der Waals surface area contributed by atoms with Crippen LogP contribution in [0.4, 0.5) is 0 Å². The largest absolute Gasteiger partial charge is 0.351 e. The zero-order valence-corrected chi connectivity index (χ0v) is 10.2. The lowest BCUT2D eigenvalue weighted by atomic mass is 9.95. The lowest BCUT2D eigenvalue weighted by Gasteiger charge is -2.21. The summed E-state index contributed by atoms with van der Waals surface area (Å²) in [6.07, 6.45) is 2.73. The quantitative estimate of drug-likeness (QED) is 0.758. The molecule has 1 aliphatic carbocycles. The number of carbonyl (C=O) groups is 2. The molecule has 90 valence electrons. The molecule has 16 heavy (non-hydrogen) atoms. The molecule has 1 unspecified atom stereocenters. The van der Waals surface area contributed by atoms with Crippen molar-refractivity contribution in [2.24, 2.45) is 5.41 Å². The average molecular weight is 224 g/mol. The standard InChI is InChI=1S/C12H20N2O2/c1-12(2,3)11(16)13-8-6-10(15)14(7-8)9-4-5-9/h8-9H,4-7H2,1-3H3,(H,13,16). The third kappa shape index (κ3) is 2.36. The Kier molecular flexibility index (Phi) is 2.68. The third-order valence-corrected chi connectivity index (χ3v) is 3.16. The van der Waals surface area contributed by atoms with E-state index in [1.165, 1.54) is 0 Å². The first-order valence-corrected chi connectivity index (χ1v) is 5.98. The second-order valence-corrected chi connectivity index (χ2v) is 5.90. The highest BCUT2D eigenvalue weighted by atomic mass is 16.2. The van der Waals surface area contributed by atoms with Gasteiger partial charge in [0.1, 0.15) is 0 Å². The smallest absolute Gasteiger partial charge is 0.225 e. The predicted octanol–water partition coefficient (Wildman–Crippen LogP) is 0.912. The van der Waals surface area contributed by atoms with E-state index >= 15 is 0 Å². The van der Waals surface area contributed by atoms with E-state index in [4.69, 9.17) is 0 Å². The molecule has 2 rings (SSSR count). The summed E-state index contributed by atoms with van der Waals surface area (Å²) in [6.45, 7) is 6.36. The summed E-state index contributed by atoms with van der Waals surface area (Å²) in [4.78, 5) is 25.4. The van der Waals surface area contributed by atoms with Gasteiger partial charge < -0.3 is 10.2 Å². The summed E-state index contributed by atoms with van der Waals surface area (Å²) in [5.41, 5.74) is -0.379. The normalized spacial score (nSPS) is 26.1. The van der Waals surface area contributed by atoms with E-state index in [2.05, 4.69) is 5.32 Å². The highest BCUT2D eigenvalue weighted by Gasteiger charge is 2.40. The van der Waals surface area contributed by atoms with E-state index in [0.717, 1.165) is 12.8 Å². The summed E-state index contributed by atoms with van der Waals surface area (Å²) in [7, 11) is 0. The Balaban J connectivity index is 1.88. The molecule has 1 N–H and O–H groups in total. The first kappa shape index (κ1) is 11.4. The van der Waals surface area contributed by atoms with Gasteiger partial charge in [-0.15, -0.1) is 0 Å². The van der Waals surface area contributed by atoms with Crippen LogP contribution in [0.25, 0.3) is 0 Å². The molecular formula is C12H20N2O2. The minimum absolute atomic E-state index is 0.0137. The van der Waals surface area contributed by atoms with Crippen LogP contribution in [-0.4, -0.2) is 35.3 Å². The molecule has 0 spiro atoms. The minimum Gasteiger partial charge on any atom is -0.351 e. The van der Waals surface area contributed by atoms with Gasteiger partial charge in [0.25, 0.3) is 0 Å². The molecular weight excluding hydrogens is 204 g/mol. The van der Waals surface area contributed by atoms with Crippen LogP contribution in [0.5, 0.6) is 0 Å². The zero-order valence-electron chi connectivity index (χ0n) is 10.2. The first-order valence-electron chi connectivity index (χ1n) is 5.98. The Labute approximate surface area is 96.4 Å². The first-order chi connectivity index (χ1) is 7.38. The zero-order chi connectivity index (χ0) is 11.9. The molecule has 4 nitrogen and oxygen atoms in total. The average Bonchev–Trinajstić information content (AvgIpc) is 2.90. The van der Waals surface area contributed by atoms with E-state index in [1.807, 2.05) is 25.7 Å². The monoisotopic (exact) mass is 224 g/mol. The second-order valence-electron chi connectivity index (χ2n) is 5.90. The molecule has 2 fully saturated rings. The van der Waals surface area contributed by atoms with Gasteiger partial charge in [-0.2, -0.15) is 0 Å². The van der Waals surface area contributed by atoms with Gasteiger partial charge >= 0.3 is 0 Å². The Morgan fingerprint density at radius 3 is 2.50 bits per heavy atom. The number of nitrogens with zero attached hydrogens (tertiary/aromatic N) is 1. The van der Waals surface area contributed by atoms with Gasteiger partial charge in [0.05, 0.1) is 6.04 Å². The molecule has 0 aromatic rings. The predicted molar refractivity (Wildman–Crippen MR) is 60.7 cm³/mol. The highest BCUT2D eigenvalue weighted by molar-refractivity contribution is 5.84. The van der Waals surface area contributed by atoms with Crippen molar-refractivity contribution in [2.45, 2.75) is 52.1 Å². The van der Waals surface area contributed by atoms with Crippen molar-refractivity contribution < 1.29 is 9.59 Å². The molecule has 0 aromatic carbocycles. The van der Waals surface area contributed by atoms with Crippen LogP contribution in [-0.2, 0) is 9.59 Å². The minimum atomic E-state index is -0.379. The molecule has 2 amide bonds. The number of amides is 2. The summed E-state index contributed by atoms with van der Waals surface area (Å²) >= 11 is 0. The Morgan fingerprint density at radius 1 is 1.38 bits per heavy atom. The molecule has 1 aliphatic heterocycles. The molecule has 0 radical (unpaired) electrons. The fourth-order valence-corrected chi connectivity index (χ4v) is 1.97. The van der Waals surface area contributed by atoms with Gasteiger partial charge in [0, 0.05) is 24.4 Å². The number of hydrogen-bond acceptors (Lipinski definition) is 2. The number of rotatable bonds is 2. The topological polar surface area (TPSA) is 49.4 Å². The van der Waals surface area contributed by atoms with Crippen LogP contribution in [0, 0.1) is 5.41 Å². The SMILES string of the molecule is CC(C)(C)C(=O)NC1CC(=O)N(C2CC2)C1. The molecule has 2 aliphatic rings.